The molecule has 0 radical (unpaired) electrons. The van der Waals surface area contributed by atoms with E-state index in [2.05, 4.69) is 5.32 Å². The second-order valence-corrected chi connectivity index (χ2v) is 5.60. The number of carboxylic acids is 1. The van der Waals surface area contributed by atoms with Crippen molar-refractivity contribution in [2.75, 3.05) is 19.7 Å². The molecule has 0 aromatic heterocycles. The fraction of sp³-hybridized carbons (Fsp3) is 0.929. The minimum absolute atomic E-state index is 0.110. The number of carbonyl (C=O) groups is 1. The highest BCUT2D eigenvalue weighted by molar-refractivity contribution is 5.66. The fourth-order valence-corrected chi connectivity index (χ4v) is 2.75. The third-order valence-corrected chi connectivity index (χ3v) is 3.99. The molecule has 0 saturated heterocycles. The van der Waals surface area contributed by atoms with Gasteiger partial charge < -0.3 is 15.5 Å². The zero-order valence-corrected chi connectivity index (χ0v) is 11.3. The van der Waals surface area contributed by atoms with E-state index in [0.29, 0.717) is 6.61 Å². The summed E-state index contributed by atoms with van der Waals surface area (Å²) in [7, 11) is 0. The molecular weight excluding hydrogens is 230 g/mol. The maximum Gasteiger partial charge on any atom is 0.303 e. The summed E-state index contributed by atoms with van der Waals surface area (Å²) in [4.78, 5) is 10.3. The summed E-state index contributed by atoms with van der Waals surface area (Å²) in [5.41, 5.74) is 0.110. The molecule has 0 aliphatic heterocycles. The highest BCUT2D eigenvalue weighted by Gasteiger charge is 2.30. The third-order valence-electron chi connectivity index (χ3n) is 3.99. The van der Waals surface area contributed by atoms with E-state index in [1.165, 1.54) is 19.3 Å². The summed E-state index contributed by atoms with van der Waals surface area (Å²) in [6.07, 6.45) is 9.08. The van der Waals surface area contributed by atoms with E-state index >= 15 is 0 Å². The number of aliphatic hydroxyl groups excluding tert-OH is 1. The molecule has 0 unspecified atom stereocenters. The Morgan fingerprint density at radius 1 is 1.11 bits per heavy atom. The number of aliphatic carboxylic acids is 1. The van der Waals surface area contributed by atoms with E-state index in [-0.39, 0.29) is 11.8 Å². The van der Waals surface area contributed by atoms with Crippen molar-refractivity contribution < 1.29 is 15.0 Å². The standard InChI is InChI=1S/C14H27NO3/c16-12-14(8-4-2-5-9-14)11-15-10-6-1-3-7-13(17)18/h15-16H,1-12H2,(H,17,18). The number of rotatable bonds is 9. The van der Waals surface area contributed by atoms with Gasteiger partial charge in [0.25, 0.3) is 0 Å². The van der Waals surface area contributed by atoms with E-state index in [1.54, 1.807) is 0 Å². The molecular formula is C14H27NO3. The average molecular weight is 257 g/mol. The zero-order valence-electron chi connectivity index (χ0n) is 11.3. The van der Waals surface area contributed by atoms with Crippen LogP contribution in [0, 0.1) is 5.41 Å². The van der Waals surface area contributed by atoms with Crippen molar-refractivity contribution in [1.29, 1.82) is 0 Å². The van der Waals surface area contributed by atoms with E-state index < -0.39 is 5.97 Å². The lowest BCUT2D eigenvalue weighted by molar-refractivity contribution is -0.137. The quantitative estimate of drug-likeness (QED) is 0.554. The number of aliphatic hydroxyl groups is 1. The van der Waals surface area contributed by atoms with E-state index in [0.717, 1.165) is 45.2 Å². The van der Waals surface area contributed by atoms with E-state index in [9.17, 15) is 9.90 Å². The number of hydrogen-bond acceptors (Lipinski definition) is 3. The Morgan fingerprint density at radius 2 is 1.83 bits per heavy atom. The van der Waals surface area contributed by atoms with Gasteiger partial charge in [0.1, 0.15) is 0 Å². The zero-order chi connectivity index (χ0) is 13.3. The molecule has 1 aliphatic carbocycles. The SMILES string of the molecule is O=C(O)CCCCCNCC1(CO)CCCCC1. The predicted octanol–water partition coefficient (Wildman–Crippen LogP) is 2.16. The Hall–Kier alpha value is -0.610. The van der Waals surface area contributed by atoms with Crippen molar-refractivity contribution in [1.82, 2.24) is 5.32 Å². The lowest BCUT2D eigenvalue weighted by Gasteiger charge is -2.35. The van der Waals surface area contributed by atoms with Crippen molar-refractivity contribution in [2.24, 2.45) is 5.41 Å². The van der Waals surface area contributed by atoms with Gasteiger partial charge in [-0.3, -0.25) is 4.79 Å². The summed E-state index contributed by atoms with van der Waals surface area (Å²) in [6, 6.07) is 0. The molecule has 106 valence electrons. The van der Waals surface area contributed by atoms with Gasteiger partial charge in [-0.15, -0.1) is 0 Å². The van der Waals surface area contributed by atoms with Crippen LogP contribution < -0.4 is 5.32 Å². The largest absolute Gasteiger partial charge is 0.481 e. The van der Waals surface area contributed by atoms with Gasteiger partial charge in [0.2, 0.25) is 0 Å². The molecule has 0 atom stereocenters. The van der Waals surface area contributed by atoms with Crippen LogP contribution in [-0.2, 0) is 4.79 Å². The van der Waals surface area contributed by atoms with Crippen molar-refractivity contribution in [3.05, 3.63) is 0 Å². The van der Waals surface area contributed by atoms with Gasteiger partial charge in [-0.05, 0) is 32.2 Å². The van der Waals surface area contributed by atoms with Gasteiger partial charge in [-0.25, -0.2) is 0 Å². The molecule has 0 spiro atoms. The monoisotopic (exact) mass is 257 g/mol. The van der Waals surface area contributed by atoms with Crippen LogP contribution in [-0.4, -0.2) is 35.9 Å². The minimum Gasteiger partial charge on any atom is -0.481 e. The van der Waals surface area contributed by atoms with E-state index in [1.807, 2.05) is 0 Å². The Labute approximate surface area is 110 Å². The number of hydrogen-bond donors (Lipinski definition) is 3. The number of nitrogens with one attached hydrogen (secondary N) is 1. The molecule has 1 aliphatic rings. The van der Waals surface area contributed by atoms with Crippen LogP contribution in [0.5, 0.6) is 0 Å². The molecule has 1 saturated carbocycles. The molecule has 4 heteroatoms. The first-order valence-electron chi connectivity index (χ1n) is 7.22. The lowest BCUT2D eigenvalue weighted by Crippen LogP contribution is -2.39. The molecule has 1 rings (SSSR count). The van der Waals surface area contributed by atoms with Crippen molar-refractivity contribution in [3.63, 3.8) is 0 Å². The second kappa shape index (κ2) is 8.48. The Balaban J connectivity index is 2.03. The van der Waals surface area contributed by atoms with Gasteiger partial charge in [0, 0.05) is 25.0 Å². The Bertz CT molecular complexity index is 237. The molecule has 0 aromatic carbocycles. The predicted molar refractivity (Wildman–Crippen MR) is 71.6 cm³/mol. The summed E-state index contributed by atoms with van der Waals surface area (Å²) < 4.78 is 0. The number of carboxylic acid groups (broad SMARTS) is 1. The second-order valence-electron chi connectivity index (χ2n) is 5.60. The van der Waals surface area contributed by atoms with Crippen LogP contribution in [0.2, 0.25) is 0 Å². The molecule has 0 aromatic rings. The van der Waals surface area contributed by atoms with Crippen molar-refractivity contribution in [2.45, 2.75) is 57.8 Å². The van der Waals surface area contributed by atoms with Gasteiger partial charge in [0.15, 0.2) is 0 Å². The van der Waals surface area contributed by atoms with Crippen molar-refractivity contribution in [3.8, 4) is 0 Å². The van der Waals surface area contributed by atoms with Gasteiger partial charge in [-0.2, -0.15) is 0 Å². The van der Waals surface area contributed by atoms with Crippen LogP contribution in [0.4, 0.5) is 0 Å². The minimum atomic E-state index is -0.704. The highest BCUT2D eigenvalue weighted by Crippen LogP contribution is 2.35. The topological polar surface area (TPSA) is 69.6 Å². The molecule has 0 heterocycles. The Morgan fingerprint density at radius 3 is 2.44 bits per heavy atom. The van der Waals surface area contributed by atoms with Gasteiger partial charge in [-0.1, -0.05) is 25.7 Å². The third kappa shape index (κ3) is 5.83. The lowest BCUT2D eigenvalue weighted by atomic mass is 9.74. The maximum atomic E-state index is 10.3. The summed E-state index contributed by atoms with van der Waals surface area (Å²) in [5, 5.41) is 21.5. The fourth-order valence-electron chi connectivity index (χ4n) is 2.75. The van der Waals surface area contributed by atoms with Crippen LogP contribution >= 0.6 is 0 Å². The van der Waals surface area contributed by atoms with Crippen LogP contribution in [0.1, 0.15) is 57.8 Å². The summed E-state index contributed by atoms with van der Waals surface area (Å²) in [6.45, 7) is 2.13. The van der Waals surface area contributed by atoms with Crippen molar-refractivity contribution >= 4 is 5.97 Å². The first kappa shape index (κ1) is 15.4. The molecule has 18 heavy (non-hydrogen) atoms. The highest BCUT2D eigenvalue weighted by atomic mass is 16.4. The van der Waals surface area contributed by atoms with E-state index in [4.69, 9.17) is 5.11 Å². The normalized spacial score (nSPS) is 18.7. The Kier molecular flexibility index (Phi) is 7.28. The van der Waals surface area contributed by atoms with Crippen LogP contribution in [0.15, 0.2) is 0 Å². The first-order chi connectivity index (χ1) is 8.68. The van der Waals surface area contributed by atoms with Gasteiger partial charge in [0.05, 0.1) is 0 Å². The molecule has 3 N–H and O–H groups in total. The van der Waals surface area contributed by atoms with Crippen LogP contribution in [0.3, 0.4) is 0 Å². The van der Waals surface area contributed by atoms with Gasteiger partial charge >= 0.3 is 5.97 Å². The summed E-state index contributed by atoms with van der Waals surface area (Å²) in [5.74, 6) is -0.704. The summed E-state index contributed by atoms with van der Waals surface area (Å²) >= 11 is 0. The first-order valence-corrected chi connectivity index (χ1v) is 7.22. The molecule has 0 amide bonds. The average Bonchev–Trinajstić information content (AvgIpc) is 2.38. The molecule has 0 bridgehead atoms. The molecule has 1 fully saturated rings. The van der Waals surface area contributed by atoms with Crippen LogP contribution in [0.25, 0.3) is 0 Å². The molecule has 4 nitrogen and oxygen atoms in total. The number of unbranched alkanes of at least 4 members (excludes halogenated alkanes) is 2. The smallest absolute Gasteiger partial charge is 0.303 e. The maximum absolute atomic E-state index is 10.3.